The second-order valence-electron chi connectivity index (χ2n) is 8.29. The van der Waals surface area contributed by atoms with Gasteiger partial charge in [-0.15, -0.1) is 0 Å². The number of amides is 2. The summed E-state index contributed by atoms with van der Waals surface area (Å²) in [6, 6.07) is 27.4. The van der Waals surface area contributed by atoms with Crippen molar-refractivity contribution in [3.63, 3.8) is 0 Å². The summed E-state index contributed by atoms with van der Waals surface area (Å²) >= 11 is 0. The maximum absolute atomic E-state index is 11.2. The van der Waals surface area contributed by atoms with Crippen LogP contribution in [0.2, 0.25) is 0 Å². The SMILES string of the molecule is COCCN1CCC(c2ccccc2)C1.NC(=O)Nc1c2ccccc2nn1-c1ccccc1. The van der Waals surface area contributed by atoms with Crippen LogP contribution in [0.3, 0.4) is 0 Å². The summed E-state index contributed by atoms with van der Waals surface area (Å²) in [5.74, 6) is 1.30. The van der Waals surface area contributed by atoms with Gasteiger partial charge in [0.1, 0.15) is 5.82 Å². The molecule has 4 aromatic rings. The smallest absolute Gasteiger partial charge is 0.317 e. The van der Waals surface area contributed by atoms with E-state index in [0.29, 0.717) is 5.82 Å². The van der Waals surface area contributed by atoms with Crippen LogP contribution in [0.15, 0.2) is 84.9 Å². The van der Waals surface area contributed by atoms with Gasteiger partial charge in [-0.3, -0.25) is 5.32 Å². The fourth-order valence-corrected chi connectivity index (χ4v) is 4.28. The van der Waals surface area contributed by atoms with Crippen LogP contribution in [-0.2, 0) is 4.74 Å². The predicted molar refractivity (Wildman–Crippen MR) is 136 cm³/mol. The van der Waals surface area contributed by atoms with E-state index in [2.05, 4.69) is 45.6 Å². The summed E-state index contributed by atoms with van der Waals surface area (Å²) in [4.78, 5) is 13.7. The zero-order chi connectivity index (χ0) is 23.8. The molecule has 1 aliphatic rings. The van der Waals surface area contributed by atoms with Crippen LogP contribution in [0.25, 0.3) is 16.6 Å². The van der Waals surface area contributed by atoms with Gasteiger partial charge in [0.15, 0.2) is 0 Å². The number of methoxy groups -OCH3 is 1. The number of nitrogens with two attached hydrogens (primary N) is 1. The number of ether oxygens (including phenoxy) is 1. The van der Waals surface area contributed by atoms with Gasteiger partial charge in [-0.25, -0.2) is 9.48 Å². The Morgan fingerprint density at radius 3 is 2.41 bits per heavy atom. The van der Waals surface area contributed by atoms with E-state index in [1.807, 2.05) is 54.6 Å². The highest BCUT2D eigenvalue weighted by Gasteiger charge is 2.22. The van der Waals surface area contributed by atoms with E-state index in [1.165, 1.54) is 25.1 Å². The summed E-state index contributed by atoms with van der Waals surface area (Å²) < 4.78 is 6.78. The molecule has 2 heterocycles. The van der Waals surface area contributed by atoms with Crippen molar-refractivity contribution in [2.75, 3.05) is 38.7 Å². The van der Waals surface area contributed by atoms with Gasteiger partial charge in [0.25, 0.3) is 0 Å². The van der Waals surface area contributed by atoms with E-state index in [4.69, 9.17) is 10.5 Å². The monoisotopic (exact) mass is 457 g/mol. The molecule has 1 saturated heterocycles. The highest BCUT2D eigenvalue weighted by Crippen LogP contribution is 2.27. The highest BCUT2D eigenvalue weighted by molar-refractivity contribution is 5.99. The fourth-order valence-electron chi connectivity index (χ4n) is 4.28. The van der Waals surface area contributed by atoms with Crippen LogP contribution >= 0.6 is 0 Å². The van der Waals surface area contributed by atoms with Crippen LogP contribution in [0.4, 0.5) is 10.6 Å². The molecule has 0 bridgehead atoms. The molecule has 0 radical (unpaired) electrons. The first-order valence-electron chi connectivity index (χ1n) is 11.5. The Morgan fingerprint density at radius 2 is 1.71 bits per heavy atom. The van der Waals surface area contributed by atoms with Crippen molar-refractivity contribution in [2.24, 2.45) is 5.73 Å². The van der Waals surface area contributed by atoms with E-state index in [0.717, 1.165) is 35.7 Å². The van der Waals surface area contributed by atoms with E-state index in [1.54, 1.807) is 11.8 Å². The standard InChI is InChI=1S/C14H12N4O.C13H19NO/c15-14(19)16-13-11-8-4-5-9-12(11)17-18(13)10-6-2-1-3-7-10;1-15-10-9-14-8-7-13(11-14)12-5-3-2-4-6-12/h1-9H,(H3,15,16,19);2-6,13H,7-11H2,1H3. The van der Waals surface area contributed by atoms with E-state index < -0.39 is 6.03 Å². The fraction of sp³-hybridized carbons (Fsp3) is 0.259. The van der Waals surface area contributed by atoms with Crippen LogP contribution in [-0.4, -0.2) is 54.1 Å². The minimum Gasteiger partial charge on any atom is -0.383 e. The number of nitrogens with zero attached hydrogens (tertiary/aromatic N) is 3. The van der Waals surface area contributed by atoms with Gasteiger partial charge in [-0.1, -0.05) is 60.7 Å². The molecule has 0 aliphatic carbocycles. The van der Waals surface area contributed by atoms with E-state index >= 15 is 0 Å². The lowest BCUT2D eigenvalue weighted by molar-refractivity contribution is 0.160. The maximum atomic E-state index is 11.2. The van der Waals surface area contributed by atoms with Crippen molar-refractivity contribution in [3.05, 3.63) is 90.5 Å². The number of hydrogen-bond acceptors (Lipinski definition) is 4. The molecule has 1 aliphatic heterocycles. The topological polar surface area (TPSA) is 85.4 Å². The van der Waals surface area contributed by atoms with Crippen LogP contribution in [0.1, 0.15) is 17.9 Å². The summed E-state index contributed by atoms with van der Waals surface area (Å²) in [7, 11) is 1.77. The van der Waals surface area contributed by atoms with Crippen LogP contribution in [0, 0.1) is 0 Å². The third kappa shape index (κ3) is 5.81. The van der Waals surface area contributed by atoms with E-state index in [-0.39, 0.29) is 0 Å². The van der Waals surface area contributed by atoms with Crippen molar-refractivity contribution in [3.8, 4) is 5.69 Å². The number of aromatic nitrogens is 2. The first kappa shape index (κ1) is 23.5. The van der Waals surface area contributed by atoms with Crippen molar-refractivity contribution in [1.29, 1.82) is 0 Å². The Labute approximate surface area is 200 Å². The highest BCUT2D eigenvalue weighted by atomic mass is 16.5. The minimum atomic E-state index is -0.608. The Balaban J connectivity index is 0.000000166. The summed E-state index contributed by atoms with van der Waals surface area (Å²) in [5.41, 5.74) is 8.38. The molecular formula is C27H31N5O2. The van der Waals surface area contributed by atoms with Gasteiger partial charge in [-0.2, -0.15) is 5.10 Å². The number of rotatable bonds is 6. The van der Waals surface area contributed by atoms with E-state index in [9.17, 15) is 4.79 Å². The molecule has 1 unspecified atom stereocenters. The normalized spacial score (nSPS) is 15.6. The lowest BCUT2D eigenvalue weighted by Gasteiger charge is -2.15. The molecule has 0 spiro atoms. The van der Waals surface area contributed by atoms with Gasteiger partial charge < -0.3 is 15.4 Å². The van der Waals surface area contributed by atoms with Gasteiger partial charge in [0.2, 0.25) is 0 Å². The molecule has 2 amide bonds. The molecule has 1 fully saturated rings. The average Bonchev–Trinajstić information content (AvgIpc) is 3.49. The molecule has 3 aromatic carbocycles. The molecular weight excluding hydrogens is 426 g/mol. The Morgan fingerprint density at radius 1 is 1.03 bits per heavy atom. The number of likely N-dealkylation sites (tertiary alicyclic amines) is 1. The number of benzene rings is 3. The first-order chi connectivity index (χ1) is 16.7. The Hall–Kier alpha value is -3.68. The molecule has 1 atom stereocenters. The second-order valence-corrected chi connectivity index (χ2v) is 8.29. The van der Waals surface area contributed by atoms with Crippen LogP contribution < -0.4 is 11.1 Å². The molecule has 34 heavy (non-hydrogen) atoms. The number of carbonyl (C=O) groups excluding carboxylic acids is 1. The first-order valence-corrected chi connectivity index (χ1v) is 11.5. The minimum absolute atomic E-state index is 0.578. The van der Waals surface area contributed by atoms with Crippen molar-refractivity contribution >= 4 is 22.8 Å². The van der Waals surface area contributed by atoms with Crippen molar-refractivity contribution in [1.82, 2.24) is 14.7 Å². The number of carbonyl (C=O) groups is 1. The van der Waals surface area contributed by atoms with Gasteiger partial charge in [0, 0.05) is 25.6 Å². The molecule has 3 N–H and O–H groups in total. The largest absolute Gasteiger partial charge is 0.383 e. The number of urea groups is 1. The molecule has 1 aromatic heterocycles. The van der Waals surface area contributed by atoms with Gasteiger partial charge in [-0.05, 0) is 48.7 Å². The average molecular weight is 458 g/mol. The second kappa shape index (κ2) is 11.4. The molecule has 7 heteroatoms. The lowest BCUT2D eigenvalue weighted by atomic mass is 9.99. The predicted octanol–water partition coefficient (Wildman–Crippen LogP) is 4.64. The number of primary amides is 1. The number of nitrogens with one attached hydrogen (secondary N) is 1. The van der Waals surface area contributed by atoms with Gasteiger partial charge in [0.05, 0.1) is 17.8 Å². The zero-order valence-corrected chi connectivity index (χ0v) is 19.4. The van der Waals surface area contributed by atoms with Gasteiger partial charge >= 0.3 is 6.03 Å². The van der Waals surface area contributed by atoms with Crippen LogP contribution in [0.5, 0.6) is 0 Å². The summed E-state index contributed by atoms with van der Waals surface area (Å²) in [6.07, 6.45) is 1.29. The number of hydrogen-bond donors (Lipinski definition) is 2. The number of para-hydroxylation sites is 1. The lowest BCUT2D eigenvalue weighted by Crippen LogP contribution is -2.24. The summed E-state index contributed by atoms with van der Waals surface area (Å²) in [5, 5.41) is 7.97. The molecule has 5 rings (SSSR count). The third-order valence-electron chi connectivity index (χ3n) is 5.98. The Kier molecular flexibility index (Phi) is 7.91. The number of fused-ring (bicyclic) bond motifs is 1. The molecule has 7 nitrogen and oxygen atoms in total. The zero-order valence-electron chi connectivity index (χ0n) is 19.4. The quantitative estimate of drug-likeness (QED) is 0.442. The van der Waals surface area contributed by atoms with Crippen molar-refractivity contribution in [2.45, 2.75) is 12.3 Å². The molecule has 0 saturated carbocycles. The maximum Gasteiger partial charge on any atom is 0.317 e. The van der Waals surface area contributed by atoms with Crippen molar-refractivity contribution < 1.29 is 9.53 Å². The third-order valence-corrected chi connectivity index (χ3v) is 5.98. The molecule has 176 valence electrons. The summed E-state index contributed by atoms with van der Waals surface area (Å²) in [6.45, 7) is 4.32. The Bertz CT molecular complexity index is 1190. The number of anilines is 1.